The van der Waals surface area contributed by atoms with Gasteiger partial charge in [-0.05, 0) is 0 Å². The maximum atomic E-state index is 9.41. The van der Waals surface area contributed by atoms with Crippen LogP contribution >= 0.6 is 0 Å². The lowest BCUT2D eigenvalue weighted by Crippen LogP contribution is -2.19. The predicted molar refractivity (Wildman–Crippen MR) is 23.7 cm³/mol. The van der Waals surface area contributed by atoms with Crippen molar-refractivity contribution in [3.63, 3.8) is 0 Å². The molecule has 0 unspecified atom stereocenters. The van der Waals surface area contributed by atoms with Crippen molar-refractivity contribution in [3.8, 4) is 0 Å². The number of hydrogen-bond donors (Lipinski definition) is 1. The van der Waals surface area contributed by atoms with Gasteiger partial charge in [0.25, 0.3) is 0 Å². The van der Waals surface area contributed by atoms with Crippen LogP contribution in [0.3, 0.4) is 0 Å². The third kappa shape index (κ3) is 3.14. The first-order chi connectivity index (χ1) is 3.31. The van der Waals surface area contributed by atoms with Crippen LogP contribution in [0.5, 0.6) is 0 Å². The molecule has 5 heteroatoms. The van der Waals surface area contributed by atoms with Crippen molar-refractivity contribution in [1.29, 1.82) is 0 Å². The maximum absolute atomic E-state index is 9.41. The molecule has 0 aliphatic carbocycles. The molecule has 0 heterocycles. The molecule has 0 rings (SSSR count). The molecule has 0 aliphatic heterocycles. The minimum atomic E-state index is 0.764. The zero-order chi connectivity index (χ0) is 5.70. The largest absolute Gasteiger partial charge is 0.178 e. The fourth-order valence-electron chi connectivity index (χ4n) is 0.149. The second-order valence-electron chi connectivity index (χ2n) is 0.841. The van der Waals surface area contributed by atoms with E-state index in [2.05, 4.69) is 15.7 Å². The van der Waals surface area contributed by atoms with Crippen molar-refractivity contribution in [1.82, 2.24) is 10.7 Å². The third-order valence-electron chi connectivity index (χ3n) is 0.338. The zero-order valence-electron chi connectivity index (χ0n) is 4.21. The Labute approximate surface area is 41.1 Å². The average Bonchev–Trinajstić information content (AvgIpc) is 1.68. The average molecular weight is 105 g/mol. The Morgan fingerprint density at radius 3 is 2.57 bits per heavy atom. The lowest BCUT2D eigenvalue weighted by molar-refractivity contribution is -0.188. The van der Waals surface area contributed by atoms with Crippen LogP contribution in [0.2, 0.25) is 0 Å². The number of nitrogens with one attached hydrogen (secondary N) is 1. The Balaban J connectivity index is 2.98. The Morgan fingerprint density at radius 2 is 2.43 bits per heavy atom. The molecule has 5 nitrogen and oxygen atoms in total. The van der Waals surface area contributed by atoms with Crippen molar-refractivity contribution in [2.75, 3.05) is 14.1 Å². The number of rotatable bonds is 3. The summed E-state index contributed by atoms with van der Waals surface area (Å²) in [6.45, 7) is 0. The summed E-state index contributed by atoms with van der Waals surface area (Å²) < 4.78 is 0. The van der Waals surface area contributed by atoms with Crippen molar-refractivity contribution >= 4 is 0 Å². The molecule has 0 saturated carbocycles. The van der Waals surface area contributed by atoms with E-state index in [0.29, 0.717) is 0 Å². The zero-order valence-corrected chi connectivity index (χ0v) is 4.21. The number of nitroso groups, excluding NO2 is 1. The molecule has 0 radical (unpaired) electrons. The molecule has 42 valence electrons. The van der Waals surface area contributed by atoms with E-state index in [1.165, 1.54) is 14.1 Å². The van der Waals surface area contributed by atoms with E-state index in [0.717, 1.165) is 5.17 Å². The molecule has 0 atom stereocenters. The summed E-state index contributed by atoms with van der Waals surface area (Å²) in [6, 6.07) is 0. The van der Waals surface area contributed by atoms with Crippen LogP contribution in [0.1, 0.15) is 0 Å². The molecular formula is C2H7N3O2. The smallest absolute Gasteiger partial charge is 0.0802 e. The van der Waals surface area contributed by atoms with Crippen molar-refractivity contribution in [3.05, 3.63) is 4.91 Å². The second-order valence-corrected chi connectivity index (χ2v) is 0.841. The molecule has 0 saturated heterocycles. The summed E-state index contributed by atoms with van der Waals surface area (Å²) in [5.41, 5.74) is 2.25. The Morgan fingerprint density at radius 1 is 1.86 bits per heavy atom. The molecule has 0 aromatic carbocycles. The van der Waals surface area contributed by atoms with Crippen LogP contribution in [0.15, 0.2) is 5.29 Å². The first-order valence-corrected chi connectivity index (χ1v) is 1.72. The highest BCUT2D eigenvalue weighted by molar-refractivity contribution is 4.09. The van der Waals surface area contributed by atoms with Gasteiger partial charge in [0.05, 0.1) is 12.3 Å². The second kappa shape index (κ2) is 3.51. The van der Waals surface area contributed by atoms with E-state index in [1.54, 1.807) is 0 Å². The van der Waals surface area contributed by atoms with E-state index < -0.39 is 0 Å². The van der Waals surface area contributed by atoms with Gasteiger partial charge < -0.3 is 0 Å². The Hall–Kier alpha value is -0.680. The molecular weight excluding hydrogens is 98.0 g/mol. The monoisotopic (exact) mass is 105 g/mol. The van der Waals surface area contributed by atoms with Gasteiger partial charge in [-0.2, -0.15) is 10.4 Å². The molecule has 0 aromatic heterocycles. The number of nitrogens with zero attached hydrogens (tertiary/aromatic N) is 2. The van der Waals surface area contributed by atoms with E-state index in [4.69, 9.17) is 0 Å². The highest BCUT2D eigenvalue weighted by Gasteiger charge is 1.85. The normalized spacial score (nSPS) is 8.29. The van der Waals surface area contributed by atoms with Crippen LogP contribution < -0.4 is 5.48 Å². The minimum absolute atomic E-state index is 0.764. The van der Waals surface area contributed by atoms with Gasteiger partial charge in [0.2, 0.25) is 0 Å². The highest BCUT2D eigenvalue weighted by atomic mass is 16.8. The minimum Gasteiger partial charge on any atom is -0.178 e. The first-order valence-electron chi connectivity index (χ1n) is 1.72. The van der Waals surface area contributed by atoms with E-state index in [-0.39, 0.29) is 0 Å². The molecule has 0 aliphatic rings. The lowest BCUT2D eigenvalue weighted by Gasteiger charge is -2.03. The van der Waals surface area contributed by atoms with Crippen LogP contribution in [-0.4, -0.2) is 19.3 Å². The molecule has 1 N–H and O–H groups in total. The van der Waals surface area contributed by atoms with Gasteiger partial charge in [0.1, 0.15) is 0 Å². The van der Waals surface area contributed by atoms with Gasteiger partial charge in [-0.15, -0.1) is 10.1 Å². The summed E-state index contributed by atoms with van der Waals surface area (Å²) in [5, 5.41) is 3.14. The van der Waals surface area contributed by atoms with Gasteiger partial charge in [-0.25, -0.2) is 0 Å². The van der Waals surface area contributed by atoms with Crippen molar-refractivity contribution in [2.24, 2.45) is 5.29 Å². The third-order valence-corrected chi connectivity index (χ3v) is 0.338. The summed E-state index contributed by atoms with van der Waals surface area (Å²) in [5.74, 6) is 0. The fourth-order valence-corrected chi connectivity index (χ4v) is 0.149. The predicted octanol–water partition coefficient (Wildman–Crippen LogP) is -0.334. The highest BCUT2D eigenvalue weighted by Crippen LogP contribution is 1.75. The lowest BCUT2D eigenvalue weighted by atomic mass is 11.5. The summed E-state index contributed by atoms with van der Waals surface area (Å²) in [7, 11) is 2.91. The fraction of sp³-hybridized carbons (Fsp3) is 1.00. The van der Waals surface area contributed by atoms with Gasteiger partial charge in [-0.3, -0.25) is 0 Å². The van der Waals surface area contributed by atoms with E-state index >= 15 is 0 Å². The van der Waals surface area contributed by atoms with Gasteiger partial charge in [-0.1, -0.05) is 0 Å². The molecule has 0 amide bonds. The van der Waals surface area contributed by atoms with Gasteiger partial charge >= 0.3 is 0 Å². The van der Waals surface area contributed by atoms with Gasteiger partial charge in [0, 0.05) is 7.05 Å². The SMILES string of the molecule is CNON(C)N=O. The van der Waals surface area contributed by atoms with E-state index in [1.807, 2.05) is 0 Å². The summed E-state index contributed by atoms with van der Waals surface area (Å²) in [4.78, 5) is 13.7. The van der Waals surface area contributed by atoms with Crippen molar-refractivity contribution < 1.29 is 4.94 Å². The standard InChI is InChI=1S/C2H7N3O2/c1-3-7-5(2)4-6/h3H,1-2H3. The Kier molecular flexibility index (Phi) is 3.17. The molecule has 0 bridgehead atoms. The molecule has 0 spiro atoms. The number of hydrogen-bond acceptors (Lipinski definition) is 4. The maximum Gasteiger partial charge on any atom is 0.0802 e. The molecule has 0 aromatic rings. The molecule has 7 heavy (non-hydrogen) atoms. The quantitative estimate of drug-likeness (QED) is 0.394. The van der Waals surface area contributed by atoms with Crippen LogP contribution in [0.25, 0.3) is 0 Å². The Bertz CT molecular complexity index is 56.9. The van der Waals surface area contributed by atoms with Crippen molar-refractivity contribution in [2.45, 2.75) is 0 Å². The van der Waals surface area contributed by atoms with Crippen LogP contribution in [0, 0.1) is 4.91 Å². The van der Waals surface area contributed by atoms with Crippen LogP contribution in [-0.2, 0) is 4.94 Å². The number of hydroxylamine groups is 2. The summed E-state index contributed by atoms with van der Waals surface area (Å²) >= 11 is 0. The topological polar surface area (TPSA) is 53.9 Å². The first kappa shape index (κ1) is 6.32. The van der Waals surface area contributed by atoms with Crippen LogP contribution in [0.4, 0.5) is 0 Å². The van der Waals surface area contributed by atoms with Gasteiger partial charge in [0.15, 0.2) is 0 Å². The summed E-state index contributed by atoms with van der Waals surface area (Å²) in [6.07, 6.45) is 0. The molecule has 0 fully saturated rings. The van der Waals surface area contributed by atoms with E-state index in [9.17, 15) is 4.91 Å².